The Bertz CT molecular complexity index is 713. The number of nitrogens with zero attached hydrogens (tertiary/aromatic N) is 2. The van der Waals surface area contributed by atoms with Crippen molar-refractivity contribution in [3.63, 3.8) is 0 Å². The number of rotatable bonds is 4. The molecule has 0 saturated carbocycles. The topological polar surface area (TPSA) is 66.9 Å². The van der Waals surface area contributed by atoms with Crippen LogP contribution < -0.4 is 0 Å². The minimum Gasteiger partial charge on any atom is -0.469 e. The van der Waals surface area contributed by atoms with E-state index in [9.17, 15) is 14.4 Å². The first kappa shape index (κ1) is 20.9. The molecule has 2 rings (SSSR count). The number of aryl methyl sites for hydroxylation is 1. The Labute approximate surface area is 161 Å². The zero-order valence-corrected chi connectivity index (χ0v) is 17.0. The molecular weight excluding hydrogens is 344 g/mol. The minimum atomic E-state index is -0.383. The van der Waals surface area contributed by atoms with Gasteiger partial charge >= 0.3 is 5.97 Å². The second-order valence-electron chi connectivity index (χ2n) is 8.03. The van der Waals surface area contributed by atoms with E-state index in [1.165, 1.54) is 7.11 Å². The van der Waals surface area contributed by atoms with Gasteiger partial charge in [0.1, 0.15) is 0 Å². The number of amides is 2. The molecule has 6 heteroatoms. The summed E-state index contributed by atoms with van der Waals surface area (Å²) in [6.45, 7) is 10.3. The number of benzene rings is 1. The van der Waals surface area contributed by atoms with Crippen LogP contribution in [0.3, 0.4) is 0 Å². The van der Waals surface area contributed by atoms with Crippen molar-refractivity contribution >= 4 is 17.8 Å². The summed E-state index contributed by atoms with van der Waals surface area (Å²) >= 11 is 0. The molecule has 0 N–H and O–H groups in total. The van der Waals surface area contributed by atoms with Crippen LogP contribution in [0.4, 0.5) is 0 Å². The van der Waals surface area contributed by atoms with Crippen molar-refractivity contribution in [2.45, 2.75) is 46.0 Å². The molecule has 2 amide bonds. The third-order valence-electron chi connectivity index (χ3n) is 5.02. The summed E-state index contributed by atoms with van der Waals surface area (Å²) in [5.74, 6) is -0.440. The van der Waals surface area contributed by atoms with E-state index < -0.39 is 0 Å². The van der Waals surface area contributed by atoms with E-state index in [1.807, 2.05) is 19.1 Å². The van der Waals surface area contributed by atoms with Crippen molar-refractivity contribution in [3.05, 3.63) is 34.9 Å². The summed E-state index contributed by atoms with van der Waals surface area (Å²) in [5.41, 5.74) is 2.80. The third-order valence-corrected chi connectivity index (χ3v) is 5.02. The van der Waals surface area contributed by atoms with Crippen molar-refractivity contribution in [2.75, 3.05) is 33.3 Å². The van der Waals surface area contributed by atoms with E-state index in [0.29, 0.717) is 26.2 Å². The van der Waals surface area contributed by atoms with Gasteiger partial charge in [-0.15, -0.1) is 0 Å². The highest BCUT2D eigenvalue weighted by molar-refractivity contribution is 5.96. The van der Waals surface area contributed by atoms with Gasteiger partial charge in [-0.05, 0) is 29.5 Å². The van der Waals surface area contributed by atoms with Gasteiger partial charge in [-0.1, -0.05) is 32.9 Å². The lowest BCUT2D eigenvalue weighted by Gasteiger charge is -2.35. The Morgan fingerprint density at radius 2 is 1.59 bits per heavy atom. The first-order valence-corrected chi connectivity index (χ1v) is 9.38. The number of methoxy groups -OCH3 is 1. The molecule has 1 aliphatic heterocycles. The lowest BCUT2D eigenvalue weighted by atomic mass is 9.85. The van der Waals surface area contributed by atoms with Gasteiger partial charge in [0.2, 0.25) is 5.91 Å². The van der Waals surface area contributed by atoms with Crippen LogP contribution >= 0.6 is 0 Å². The van der Waals surface area contributed by atoms with Crippen LogP contribution in [0.25, 0.3) is 0 Å². The van der Waals surface area contributed by atoms with Gasteiger partial charge < -0.3 is 14.5 Å². The van der Waals surface area contributed by atoms with Crippen LogP contribution in [-0.4, -0.2) is 60.9 Å². The highest BCUT2D eigenvalue weighted by atomic mass is 16.5. The van der Waals surface area contributed by atoms with E-state index in [4.69, 9.17) is 0 Å². The first-order valence-electron chi connectivity index (χ1n) is 9.38. The van der Waals surface area contributed by atoms with E-state index in [0.717, 1.165) is 16.7 Å². The lowest BCUT2D eigenvalue weighted by molar-refractivity contribution is -0.143. The Morgan fingerprint density at radius 1 is 1.00 bits per heavy atom. The average Bonchev–Trinajstić information content (AvgIpc) is 2.64. The molecule has 0 aliphatic carbocycles. The molecule has 0 aromatic heterocycles. The van der Waals surface area contributed by atoms with Gasteiger partial charge in [0.15, 0.2) is 0 Å². The summed E-state index contributed by atoms with van der Waals surface area (Å²) in [4.78, 5) is 39.9. The van der Waals surface area contributed by atoms with Crippen molar-refractivity contribution in [2.24, 2.45) is 0 Å². The first-order chi connectivity index (χ1) is 12.6. The highest BCUT2D eigenvalue weighted by Crippen LogP contribution is 2.25. The van der Waals surface area contributed by atoms with Crippen LogP contribution in [0, 0.1) is 6.92 Å². The molecule has 1 aromatic rings. The Hall–Kier alpha value is -2.37. The maximum absolute atomic E-state index is 13.0. The normalized spacial score (nSPS) is 14.9. The molecule has 0 spiro atoms. The van der Waals surface area contributed by atoms with Gasteiger partial charge in [-0.25, -0.2) is 0 Å². The fourth-order valence-corrected chi connectivity index (χ4v) is 3.12. The molecule has 1 aromatic carbocycles. The monoisotopic (exact) mass is 374 g/mol. The van der Waals surface area contributed by atoms with Crippen LogP contribution in [0.15, 0.2) is 18.2 Å². The zero-order chi connectivity index (χ0) is 20.2. The SMILES string of the molecule is COC(=O)CCC(=O)N1CCN(C(=O)c2cc(C(C)(C)C)ccc2C)CC1. The van der Waals surface area contributed by atoms with Crippen LogP contribution in [0.5, 0.6) is 0 Å². The molecular formula is C21H30N2O4. The molecule has 0 radical (unpaired) electrons. The summed E-state index contributed by atoms with van der Waals surface area (Å²) in [5, 5.41) is 0. The van der Waals surface area contributed by atoms with Crippen LogP contribution in [-0.2, 0) is 19.7 Å². The fraction of sp³-hybridized carbons (Fsp3) is 0.571. The second kappa shape index (κ2) is 8.55. The van der Waals surface area contributed by atoms with E-state index in [-0.39, 0.29) is 36.0 Å². The molecule has 6 nitrogen and oxygen atoms in total. The molecule has 1 aliphatic rings. The van der Waals surface area contributed by atoms with E-state index in [1.54, 1.807) is 9.80 Å². The number of carbonyl (C=O) groups is 3. The van der Waals surface area contributed by atoms with Gasteiger partial charge in [-0.3, -0.25) is 14.4 Å². The van der Waals surface area contributed by atoms with E-state index >= 15 is 0 Å². The molecule has 148 valence electrons. The second-order valence-corrected chi connectivity index (χ2v) is 8.03. The quantitative estimate of drug-likeness (QED) is 0.760. The maximum Gasteiger partial charge on any atom is 0.306 e. The van der Waals surface area contributed by atoms with Gasteiger partial charge in [-0.2, -0.15) is 0 Å². The molecule has 1 heterocycles. The Balaban J connectivity index is 1.99. The average molecular weight is 374 g/mol. The molecule has 1 fully saturated rings. The predicted molar refractivity (Wildman–Crippen MR) is 104 cm³/mol. The van der Waals surface area contributed by atoms with E-state index in [2.05, 4.69) is 31.6 Å². The summed E-state index contributed by atoms with van der Waals surface area (Å²) < 4.78 is 4.57. The number of hydrogen-bond donors (Lipinski definition) is 0. The van der Waals surface area contributed by atoms with Gasteiger partial charge in [0.05, 0.1) is 13.5 Å². The largest absolute Gasteiger partial charge is 0.469 e. The zero-order valence-electron chi connectivity index (χ0n) is 17.0. The number of hydrogen-bond acceptors (Lipinski definition) is 4. The molecule has 0 bridgehead atoms. The number of piperazine rings is 1. The molecule has 1 saturated heterocycles. The van der Waals surface area contributed by atoms with Crippen LogP contribution in [0.2, 0.25) is 0 Å². The van der Waals surface area contributed by atoms with Crippen molar-refractivity contribution in [3.8, 4) is 0 Å². The number of ether oxygens (including phenoxy) is 1. The summed E-state index contributed by atoms with van der Waals surface area (Å²) in [6, 6.07) is 6.07. The smallest absolute Gasteiger partial charge is 0.306 e. The molecule has 0 atom stereocenters. The number of carbonyl (C=O) groups excluding carboxylic acids is 3. The summed E-state index contributed by atoms with van der Waals surface area (Å²) in [6.07, 6.45) is 0.237. The summed E-state index contributed by atoms with van der Waals surface area (Å²) in [7, 11) is 1.31. The molecule has 27 heavy (non-hydrogen) atoms. The molecule has 0 unspecified atom stereocenters. The van der Waals surface area contributed by atoms with Crippen LogP contribution in [0.1, 0.15) is 55.1 Å². The number of esters is 1. The highest BCUT2D eigenvalue weighted by Gasteiger charge is 2.26. The van der Waals surface area contributed by atoms with Crippen molar-refractivity contribution in [1.29, 1.82) is 0 Å². The van der Waals surface area contributed by atoms with Crippen molar-refractivity contribution in [1.82, 2.24) is 9.80 Å². The third kappa shape index (κ3) is 5.31. The lowest BCUT2D eigenvalue weighted by Crippen LogP contribution is -2.50. The Morgan fingerprint density at radius 3 is 2.15 bits per heavy atom. The Kier molecular flexibility index (Phi) is 6.63. The predicted octanol–water partition coefficient (Wildman–Crippen LogP) is 2.53. The maximum atomic E-state index is 13.0. The standard InChI is InChI=1S/C21H30N2O4/c1-15-6-7-16(21(2,3)4)14-17(15)20(26)23-12-10-22(11-13-23)18(24)8-9-19(25)27-5/h6-7,14H,8-13H2,1-5H3. The fourth-order valence-electron chi connectivity index (χ4n) is 3.12. The van der Waals surface area contributed by atoms with Crippen molar-refractivity contribution < 1.29 is 19.1 Å². The minimum absolute atomic E-state index is 0.0141. The van der Waals surface area contributed by atoms with Gasteiger partial charge in [0.25, 0.3) is 5.91 Å². The van der Waals surface area contributed by atoms with Gasteiger partial charge in [0, 0.05) is 38.2 Å².